The molecule has 1 radical (unpaired) electrons. The van der Waals surface area contributed by atoms with Crippen LogP contribution in [0.1, 0.15) is 108 Å². The number of carbonyl (C=O) groups is 3. The quantitative estimate of drug-likeness (QED) is 0.286. The maximum atomic E-state index is 13.9. The van der Waals surface area contributed by atoms with Gasteiger partial charge < -0.3 is 14.6 Å². The third kappa shape index (κ3) is 7.82. The summed E-state index contributed by atoms with van der Waals surface area (Å²) in [6.45, 7) is 11.3. The normalized spacial score (nSPS) is 18.0. The summed E-state index contributed by atoms with van der Waals surface area (Å²) in [6.07, 6.45) is 10.3. The van der Waals surface area contributed by atoms with E-state index in [2.05, 4.69) is 20.8 Å². The highest BCUT2D eigenvalue weighted by atomic mass is 19.1. The highest BCUT2D eigenvalue weighted by Crippen LogP contribution is 2.31. The van der Waals surface area contributed by atoms with Crippen molar-refractivity contribution in [1.29, 1.82) is 0 Å². The molecule has 2 aliphatic rings. The molecule has 0 atom stereocenters. The predicted octanol–water partition coefficient (Wildman–Crippen LogP) is 6.44. The van der Waals surface area contributed by atoms with Gasteiger partial charge in [-0.3, -0.25) is 9.59 Å². The van der Waals surface area contributed by atoms with Crippen molar-refractivity contribution in [2.24, 2.45) is 0 Å². The highest BCUT2D eigenvalue weighted by molar-refractivity contribution is 6.75. The lowest BCUT2D eigenvalue weighted by molar-refractivity contribution is -0.136. The molecule has 45 heavy (non-hydrogen) atoms. The first-order valence-corrected chi connectivity index (χ1v) is 16.5. The third-order valence-electron chi connectivity index (χ3n) is 9.25. The van der Waals surface area contributed by atoms with Crippen molar-refractivity contribution < 1.29 is 18.8 Å². The Bertz CT molecular complexity index is 1540. The number of piperazine rings is 1. The standard InChI is InChI=1S/C35H46BFN5O3/c1-34(2,3)27-21-28(24-13-15-26(37)16-14-24)39-42-22-29(38-32(27)42)33(45)41-20-19-40(23-35(41,4)5)31(44)18-17-30(43)36-25-11-9-7-6-8-10-12-25/h13-16,21-22,25H,6-12,17-20,23H2,1-5H3. The van der Waals surface area contributed by atoms with Crippen LogP contribution in [0.5, 0.6) is 0 Å². The van der Waals surface area contributed by atoms with Crippen LogP contribution in [0.3, 0.4) is 0 Å². The maximum absolute atomic E-state index is 13.9. The number of carbonyl (C=O) groups excluding carboxylic acids is 3. The monoisotopic (exact) mass is 614 g/mol. The summed E-state index contributed by atoms with van der Waals surface area (Å²) in [4.78, 5) is 48.1. The van der Waals surface area contributed by atoms with Gasteiger partial charge in [0.15, 0.2) is 5.65 Å². The lowest BCUT2D eigenvalue weighted by Crippen LogP contribution is -2.62. The fourth-order valence-corrected chi connectivity index (χ4v) is 6.67. The Balaban J connectivity index is 1.25. The second-order valence-corrected chi connectivity index (χ2v) is 14.4. The van der Waals surface area contributed by atoms with E-state index in [4.69, 9.17) is 10.1 Å². The van der Waals surface area contributed by atoms with Gasteiger partial charge in [0.1, 0.15) is 11.5 Å². The Kier molecular flexibility index (Phi) is 9.80. The zero-order chi connectivity index (χ0) is 32.4. The summed E-state index contributed by atoms with van der Waals surface area (Å²) in [5, 5.41) is 4.73. The Morgan fingerprint density at radius 3 is 2.29 bits per heavy atom. The predicted molar refractivity (Wildman–Crippen MR) is 175 cm³/mol. The molecule has 239 valence electrons. The smallest absolute Gasteiger partial charge is 0.274 e. The summed E-state index contributed by atoms with van der Waals surface area (Å²) in [6, 6.07) is 8.15. The van der Waals surface area contributed by atoms with E-state index in [1.807, 2.05) is 27.2 Å². The van der Waals surface area contributed by atoms with E-state index >= 15 is 0 Å². The van der Waals surface area contributed by atoms with E-state index in [0.717, 1.165) is 24.0 Å². The Hall–Kier alpha value is -3.56. The molecule has 0 spiro atoms. The Morgan fingerprint density at radius 1 is 0.978 bits per heavy atom. The fraction of sp³-hybridized carbons (Fsp3) is 0.571. The van der Waals surface area contributed by atoms with Crippen LogP contribution in [0, 0.1) is 5.82 Å². The van der Waals surface area contributed by atoms with Crippen LogP contribution in [0.2, 0.25) is 5.82 Å². The first-order chi connectivity index (χ1) is 21.3. The van der Waals surface area contributed by atoms with E-state index in [0.29, 0.717) is 36.8 Å². The van der Waals surface area contributed by atoms with Crippen LogP contribution >= 0.6 is 0 Å². The minimum Gasteiger partial charge on any atom is -0.339 e. The van der Waals surface area contributed by atoms with Gasteiger partial charge in [0.05, 0.1) is 23.1 Å². The summed E-state index contributed by atoms with van der Waals surface area (Å²) >= 11 is 0. The maximum Gasteiger partial charge on any atom is 0.274 e. The van der Waals surface area contributed by atoms with Crippen molar-refractivity contribution in [3.63, 3.8) is 0 Å². The fourth-order valence-electron chi connectivity index (χ4n) is 6.67. The molecule has 3 aromatic rings. The lowest BCUT2D eigenvalue weighted by atomic mass is 9.56. The van der Waals surface area contributed by atoms with Gasteiger partial charge in [-0.05, 0) is 49.6 Å². The van der Waals surface area contributed by atoms with Gasteiger partial charge in [0.2, 0.25) is 13.2 Å². The van der Waals surface area contributed by atoms with Crippen molar-refractivity contribution in [1.82, 2.24) is 24.4 Å². The van der Waals surface area contributed by atoms with Crippen molar-refractivity contribution in [2.45, 2.75) is 109 Å². The number of amides is 2. The molecule has 1 saturated heterocycles. The summed E-state index contributed by atoms with van der Waals surface area (Å²) in [5.74, 6) is -0.243. The number of nitrogens with zero attached hydrogens (tertiary/aromatic N) is 5. The molecule has 8 nitrogen and oxygen atoms in total. The largest absolute Gasteiger partial charge is 0.339 e. The number of rotatable bonds is 7. The zero-order valence-corrected chi connectivity index (χ0v) is 27.4. The van der Waals surface area contributed by atoms with Crippen LogP contribution in [0.25, 0.3) is 16.9 Å². The van der Waals surface area contributed by atoms with Crippen molar-refractivity contribution >= 4 is 30.4 Å². The molecule has 1 saturated carbocycles. The van der Waals surface area contributed by atoms with Gasteiger partial charge in [-0.2, -0.15) is 5.10 Å². The number of benzene rings is 1. The first kappa shape index (κ1) is 32.8. The van der Waals surface area contributed by atoms with Crippen LogP contribution in [0.15, 0.2) is 36.5 Å². The minimum atomic E-state index is -0.630. The molecule has 1 aliphatic heterocycles. The van der Waals surface area contributed by atoms with Gasteiger partial charge in [-0.25, -0.2) is 13.9 Å². The van der Waals surface area contributed by atoms with E-state index in [1.54, 1.807) is 32.6 Å². The molecular weight excluding hydrogens is 568 g/mol. The molecule has 3 heterocycles. The second kappa shape index (κ2) is 13.4. The zero-order valence-electron chi connectivity index (χ0n) is 27.4. The molecule has 1 aromatic carbocycles. The molecular formula is C35H46BFN5O3. The second-order valence-electron chi connectivity index (χ2n) is 14.4. The third-order valence-corrected chi connectivity index (χ3v) is 9.25. The van der Waals surface area contributed by atoms with Crippen molar-refractivity contribution in [3.05, 3.63) is 53.6 Å². The highest BCUT2D eigenvalue weighted by Gasteiger charge is 2.39. The van der Waals surface area contributed by atoms with Gasteiger partial charge in [-0.1, -0.05) is 71.5 Å². The molecule has 0 unspecified atom stereocenters. The molecule has 0 N–H and O–H groups in total. The summed E-state index contributed by atoms with van der Waals surface area (Å²) in [5.41, 5.74) is 2.39. The SMILES string of the molecule is CC(C)(C)c1cc(-c2ccc(F)cc2)nn2cc(C(=O)N3CCN(C(=O)CCC(=O)[B]C4CCCCCCC4)CC3(C)C)nc12. The first-order valence-electron chi connectivity index (χ1n) is 16.5. The van der Waals surface area contributed by atoms with Gasteiger partial charge in [0, 0.05) is 43.6 Å². The summed E-state index contributed by atoms with van der Waals surface area (Å²) < 4.78 is 15.2. The lowest BCUT2D eigenvalue weighted by Gasteiger charge is -2.47. The van der Waals surface area contributed by atoms with E-state index in [1.165, 1.54) is 44.2 Å². The molecule has 2 amide bonds. The van der Waals surface area contributed by atoms with Gasteiger partial charge in [-0.15, -0.1) is 0 Å². The van der Waals surface area contributed by atoms with Gasteiger partial charge >= 0.3 is 0 Å². The number of hydrogen-bond acceptors (Lipinski definition) is 5. The van der Waals surface area contributed by atoms with Crippen molar-refractivity contribution in [2.75, 3.05) is 19.6 Å². The van der Waals surface area contributed by atoms with Crippen molar-refractivity contribution in [3.8, 4) is 11.3 Å². The molecule has 2 aromatic heterocycles. The van der Waals surface area contributed by atoms with Crippen LogP contribution < -0.4 is 0 Å². The topological polar surface area (TPSA) is 87.9 Å². The molecule has 1 aliphatic carbocycles. The average molecular weight is 615 g/mol. The molecule has 2 fully saturated rings. The van der Waals surface area contributed by atoms with Crippen LogP contribution in [-0.2, 0) is 15.0 Å². The Morgan fingerprint density at radius 2 is 1.64 bits per heavy atom. The molecule has 10 heteroatoms. The Labute approximate surface area is 267 Å². The van der Waals surface area contributed by atoms with E-state index in [9.17, 15) is 18.8 Å². The summed E-state index contributed by atoms with van der Waals surface area (Å²) in [7, 11) is 1.87. The number of halogens is 1. The number of aromatic nitrogens is 3. The number of imidazole rings is 1. The average Bonchev–Trinajstić information content (AvgIpc) is 3.40. The number of hydrogen-bond donors (Lipinski definition) is 0. The van der Waals surface area contributed by atoms with E-state index < -0.39 is 5.54 Å². The molecule has 5 rings (SSSR count). The molecule has 0 bridgehead atoms. The van der Waals surface area contributed by atoms with Gasteiger partial charge in [0.25, 0.3) is 5.91 Å². The van der Waals surface area contributed by atoms with Crippen LogP contribution in [0.4, 0.5) is 4.39 Å². The van der Waals surface area contributed by atoms with Crippen LogP contribution in [-0.4, -0.2) is 74.3 Å². The number of fused-ring (bicyclic) bond motifs is 1. The minimum absolute atomic E-state index is 0.0466. The van der Waals surface area contributed by atoms with E-state index in [-0.39, 0.29) is 47.3 Å².